The van der Waals surface area contributed by atoms with Gasteiger partial charge in [-0.1, -0.05) is 30.3 Å². The van der Waals surface area contributed by atoms with Crippen molar-refractivity contribution in [1.82, 2.24) is 16.0 Å². The Morgan fingerprint density at radius 3 is 2.38 bits per heavy atom. The van der Waals surface area contributed by atoms with Crippen molar-refractivity contribution in [3.63, 3.8) is 0 Å². The smallest absolute Gasteiger partial charge is 0.330 e. The molecule has 7 nitrogen and oxygen atoms in total. The Bertz CT molecular complexity index is 558. The first-order chi connectivity index (χ1) is 11.6. The molecule has 0 spiro atoms. The average molecular weight is 333 g/mol. The van der Waals surface area contributed by atoms with E-state index >= 15 is 0 Å². The van der Waals surface area contributed by atoms with E-state index in [1.54, 1.807) is 6.08 Å². The highest BCUT2D eigenvalue weighted by Gasteiger charge is 2.01. The van der Waals surface area contributed by atoms with Gasteiger partial charge < -0.3 is 20.7 Å². The van der Waals surface area contributed by atoms with E-state index in [1.807, 2.05) is 30.3 Å². The maximum Gasteiger partial charge on any atom is 0.330 e. The van der Waals surface area contributed by atoms with Crippen LogP contribution in [-0.4, -0.2) is 44.1 Å². The summed E-state index contributed by atoms with van der Waals surface area (Å²) >= 11 is 0. The second-order valence-corrected chi connectivity index (χ2v) is 4.93. The molecule has 1 aromatic rings. The fourth-order valence-corrected chi connectivity index (χ4v) is 1.71. The molecule has 0 unspecified atom stereocenters. The molecule has 0 aliphatic rings. The lowest BCUT2D eigenvalue weighted by Gasteiger charge is -2.07. The monoisotopic (exact) mass is 333 g/mol. The minimum absolute atomic E-state index is 0.0945. The molecule has 3 amide bonds. The zero-order chi connectivity index (χ0) is 17.6. The number of nitrogens with one attached hydrogen (secondary N) is 3. The molecule has 0 radical (unpaired) electrons. The van der Waals surface area contributed by atoms with Gasteiger partial charge in [0.1, 0.15) is 6.61 Å². The topological polar surface area (TPSA) is 96.5 Å². The molecule has 0 heterocycles. The van der Waals surface area contributed by atoms with Crippen molar-refractivity contribution in [2.24, 2.45) is 0 Å². The third-order valence-electron chi connectivity index (χ3n) is 2.86. The third kappa shape index (κ3) is 9.99. The Balaban J connectivity index is 2.04. The molecule has 3 N–H and O–H groups in total. The first kappa shape index (κ1) is 19.2. The number of rotatable bonds is 9. The standard InChI is InChI=1S/C17H23N3O4/c1-14(21)18-10-5-11-19-17(23)20-12-13-24-16(22)9-8-15-6-3-2-4-7-15/h2-4,6-9H,5,10-13H2,1H3,(H,18,21)(H2,19,20,23)/b9-8+. The number of urea groups is 1. The normalized spacial score (nSPS) is 10.2. The lowest BCUT2D eigenvalue weighted by Crippen LogP contribution is -2.38. The van der Waals surface area contributed by atoms with Crippen LogP contribution in [0.5, 0.6) is 0 Å². The largest absolute Gasteiger partial charge is 0.461 e. The lowest BCUT2D eigenvalue weighted by molar-refractivity contribution is -0.137. The zero-order valence-corrected chi connectivity index (χ0v) is 13.7. The van der Waals surface area contributed by atoms with Gasteiger partial charge in [-0.25, -0.2) is 9.59 Å². The summed E-state index contributed by atoms with van der Waals surface area (Å²) in [6.07, 6.45) is 3.65. The predicted molar refractivity (Wildman–Crippen MR) is 91.1 cm³/mol. The Morgan fingerprint density at radius 2 is 1.67 bits per heavy atom. The number of hydrogen-bond acceptors (Lipinski definition) is 4. The number of amides is 3. The number of hydrogen-bond donors (Lipinski definition) is 3. The summed E-state index contributed by atoms with van der Waals surface area (Å²) in [5.41, 5.74) is 0.909. The molecule has 0 atom stereocenters. The molecule has 1 aromatic carbocycles. The van der Waals surface area contributed by atoms with Crippen molar-refractivity contribution in [1.29, 1.82) is 0 Å². The van der Waals surface area contributed by atoms with Crippen molar-refractivity contribution in [2.75, 3.05) is 26.2 Å². The maximum atomic E-state index is 11.5. The molecule has 0 aliphatic carbocycles. The highest BCUT2D eigenvalue weighted by atomic mass is 16.5. The van der Waals surface area contributed by atoms with E-state index in [0.717, 1.165) is 5.56 Å². The Morgan fingerprint density at radius 1 is 1.00 bits per heavy atom. The summed E-state index contributed by atoms with van der Waals surface area (Å²) in [4.78, 5) is 33.6. The summed E-state index contributed by atoms with van der Waals surface area (Å²) in [5.74, 6) is -0.557. The predicted octanol–water partition coefficient (Wildman–Crippen LogP) is 1.07. The van der Waals surface area contributed by atoms with Crippen LogP contribution in [0.3, 0.4) is 0 Å². The highest BCUT2D eigenvalue weighted by Crippen LogP contribution is 2.00. The number of esters is 1. The van der Waals surface area contributed by atoms with E-state index in [2.05, 4.69) is 16.0 Å². The second-order valence-electron chi connectivity index (χ2n) is 4.93. The summed E-state index contributed by atoms with van der Waals surface area (Å²) in [6, 6.07) is 9.07. The van der Waals surface area contributed by atoms with Crippen LogP contribution in [-0.2, 0) is 14.3 Å². The Kier molecular flexibility index (Phi) is 9.37. The van der Waals surface area contributed by atoms with Gasteiger partial charge in [0.15, 0.2) is 0 Å². The number of benzene rings is 1. The fraction of sp³-hybridized carbons (Fsp3) is 0.353. The SMILES string of the molecule is CC(=O)NCCCNC(=O)NCCOC(=O)/C=C/c1ccccc1. The number of carbonyl (C=O) groups is 3. The van der Waals surface area contributed by atoms with Crippen molar-refractivity contribution in [3.05, 3.63) is 42.0 Å². The van der Waals surface area contributed by atoms with Crippen LogP contribution in [0.15, 0.2) is 36.4 Å². The van der Waals surface area contributed by atoms with Gasteiger partial charge >= 0.3 is 12.0 Å². The molecule has 7 heteroatoms. The molecule has 130 valence electrons. The van der Waals surface area contributed by atoms with E-state index < -0.39 is 5.97 Å². The van der Waals surface area contributed by atoms with Crippen LogP contribution in [0.25, 0.3) is 6.08 Å². The van der Waals surface area contributed by atoms with Crippen LogP contribution in [0, 0.1) is 0 Å². The van der Waals surface area contributed by atoms with Gasteiger partial charge in [0.2, 0.25) is 5.91 Å². The van der Waals surface area contributed by atoms with Gasteiger partial charge in [-0.05, 0) is 18.1 Å². The average Bonchev–Trinajstić information content (AvgIpc) is 2.57. The fourth-order valence-electron chi connectivity index (χ4n) is 1.71. The lowest BCUT2D eigenvalue weighted by atomic mass is 10.2. The number of carbonyl (C=O) groups excluding carboxylic acids is 3. The van der Waals surface area contributed by atoms with E-state index in [1.165, 1.54) is 13.0 Å². The van der Waals surface area contributed by atoms with Crippen LogP contribution in [0.1, 0.15) is 18.9 Å². The van der Waals surface area contributed by atoms with Crippen LogP contribution in [0.2, 0.25) is 0 Å². The molecule has 0 saturated heterocycles. The van der Waals surface area contributed by atoms with Crippen molar-refractivity contribution < 1.29 is 19.1 Å². The van der Waals surface area contributed by atoms with Crippen molar-refractivity contribution in [2.45, 2.75) is 13.3 Å². The van der Waals surface area contributed by atoms with Gasteiger partial charge in [-0.2, -0.15) is 0 Å². The van der Waals surface area contributed by atoms with E-state index in [9.17, 15) is 14.4 Å². The molecule has 1 rings (SSSR count). The van der Waals surface area contributed by atoms with Crippen molar-refractivity contribution >= 4 is 24.0 Å². The molecule has 0 fully saturated rings. The summed E-state index contributed by atoms with van der Waals surface area (Å²) in [7, 11) is 0. The molecular formula is C17H23N3O4. The van der Waals surface area contributed by atoms with Gasteiger partial charge in [-0.15, -0.1) is 0 Å². The molecule has 24 heavy (non-hydrogen) atoms. The first-order valence-electron chi connectivity index (χ1n) is 7.74. The van der Waals surface area contributed by atoms with E-state index in [0.29, 0.717) is 19.5 Å². The highest BCUT2D eigenvalue weighted by molar-refractivity contribution is 5.87. The van der Waals surface area contributed by atoms with Crippen molar-refractivity contribution in [3.8, 4) is 0 Å². The van der Waals surface area contributed by atoms with Crippen LogP contribution >= 0.6 is 0 Å². The molecular weight excluding hydrogens is 310 g/mol. The summed E-state index contributed by atoms with van der Waals surface area (Å²) in [5, 5.41) is 7.84. The Hall–Kier alpha value is -2.83. The van der Waals surface area contributed by atoms with Gasteiger partial charge in [0.05, 0.1) is 6.54 Å². The van der Waals surface area contributed by atoms with E-state index in [-0.39, 0.29) is 25.1 Å². The minimum Gasteiger partial charge on any atom is -0.461 e. The summed E-state index contributed by atoms with van der Waals surface area (Å²) in [6.45, 7) is 2.73. The Labute approximate surface area is 141 Å². The quantitative estimate of drug-likeness (QED) is 0.358. The van der Waals surface area contributed by atoms with Gasteiger partial charge in [-0.3, -0.25) is 4.79 Å². The molecule has 0 bridgehead atoms. The second kappa shape index (κ2) is 11.7. The first-order valence-corrected chi connectivity index (χ1v) is 7.74. The maximum absolute atomic E-state index is 11.5. The molecule has 0 aromatic heterocycles. The van der Waals surface area contributed by atoms with Gasteiger partial charge in [0, 0.05) is 26.1 Å². The van der Waals surface area contributed by atoms with Crippen LogP contribution in [0.4, 0.5) is 4.79 Å². The molecule has 0 aliphatic heterocycles. The third-order valence-corrected chi connectivity index (χ3v) is 2.86. The van der Waals surface area contributed by atoms with Crippen LogP contribution < -0.4 is 16.0 Å². The molecule has 0 saturated carbocycles. The van der Waals surface area contributed by atoms with Gasteiger partial charge in [0.25, 0.3) is 0 Å². The van der Waals surface area contributed by atoms with E-state index in [4.69, 9.17) is 4.74 Å². The minimum atomic E-state index is -0.462. The number of ether oxygens (including phenoxy) is 1. The summed E-state index contributed by atoms with van der Waals surface area (Å²) < 4.78 is 4.97. The zero-order valence-electron chi connectivity index (χ0n) is 13.7.